The minimum Gasteiger partial charge on any atom is -0.497 e. The summed E-state index contributed by atoms with van der Waals surface area (Å²) >= 11 is 0. The van der Waals surface area contributed by atoms with Crippen LogP contribution in [0, 0.1) is 4.91 Å². The van der Waals surface area contributed by atoms with Crippen molar-refractivity contribution in [2.24, 2.45) is 5.18 Å². The molecule has 1 amide bonds. The molecule has 1 saturated heterocycles. The normalized spacial score (nSPS) is 18.4. The van der Waals surface area contributed by atoms with Crippen molar-refractivity contribution in [3.8, 4) is 11.5 Å². The Kier molecular flexibility index (Phi) is 9.36. The summed E-state index contributed by atoms with van der Waals surface area (Å²) in [5.74, 6) is 0.187. The zero-order valence-corrected chi connectivity index (χ0v) is 22.8. The fourth-order valence-electron chi connectivity index (χ4n) is 5.06. The highest BCUT2D eigenvalue weighted by atomic mass is 32.2. The molecule has 1 aliphatic heterocycles. The third kappa shape index (κ3) is 6.48. The minimum atomic E-state index is -4.06. The molecule has 1 saturated carbocycles. The molecule has 2 fully saturated rings. The van der Waals surface area contributed by atoms with Crippen molar-refractivity contribution in [1.29, 1.82) is 0 Å². The van der Waals surface area contributed by atoms with Crippen molar-refractivity contribution in [2.75, 3.05) is 33.4 Å². The van der Waals surface area contributed by atoms with Crippen LogP contribution in [0.15, 0.2) is 70.8 Å². The molecular weight excluding hydrogens is 522 g/mol. The first-order valence-electron chi connectivity index (χ1n) is 13.1. The highest BCUT2D eigenvalue weighted by Gasteiger charge is 2.53. The van der Waals surface area contributed by atoms with Gasteiger partial charge in [0.05, 0.1) is 25.2 Å². The summed E-state index contributed by atoms with van der Waals surface area (Å²) in [6.45, 7) is 1.46. The fourth-order valence-corrected chi connectivity index (χ4v) is 7.02. The summed E-state index contributed by atoms with van der Waals surface area (Å²) in [4.78, 5) is 25.8. The number of likely N-dealkylation sites (tertiary alicyclic amines) is 1. The van der Waals surface area contributed by atoms with Gasteiger partial charge in [-0.1, -0.05) is 29.5 Å². The van der Waals surface area contributed by atoms with Crippen molar-refractivity contribution in [3.05, 3.63) is 71.2 Å². The van der Waals surface area contributed by atoms with Gasteiger partial charge in [0.1, 0.15) is 11.5 Å². The Labute approximate surface area is 228 Å². The molecule has 2 aliphatic rings. The van der Waals surface area contributed by atoms with Crippen LogP contribution in [0.5, 0.6) is 11.5 Å². The summed E-state index contributed by atoms with van der Waals surface area (Å²) in [7, 11) is -2.47. The summed E-state index contributed by atoms with van der Waals surface area (Å²) in [6.07, 6.45) is 6.86. The Balaban J connectivity index is 1.35. The average Bonchev–Trinajstić information content (AvgIpc) is 3.82. The molecule has 0 spiro atoms. The van der Waals surface area contributed by atoms with Crippen LogP contribution in [0.25, 0.3) is 0 Å². The lowest BCUT2D eigenvalue weighted by Crippen LogP contribution is -2.58. The topological polar surface area (TPSA) is 135 Å². The average molecular weight is 558 g/mol. The molecule has 1 atom stereocenters. The monoisotopic (exact) mass is 557 g/mol. The van der Waals surface area contributed by atoms with Crippen LogP contribution in [0.2, 0.25) is 0 Å². The van der Waals surface area contributed by atoms with Gasteiger partial charge in [-0.05, 0) is 74.1 Å². The van der Waals surface area contributed by atoms with Crippen molar-refractivity contribution in [3.63, 3.8) is 0 Å². The summed E-state index contributed by atoms with van der Waals surface area (Å²) < 4.78 is 36.4. The van der Waals surface area contributed by atoms with E-state index in [0.29, 0.717) is 37.9 Å². The predicted molar refractivity (Wildman–Crippen MR) is 146 cm³/mol. The molecule has 2 aromatic rings. The van der Waals surface area contributed by atoms with E-state index in [0.717, 1.165) is 24.2 Å². The fraction of sp³-hybridized carbons (Fsp3) is 0.464. The van der Waals surface area contributed by atoms with Crippen LogP contribution < -0.4 is 15.0 Å². The van der Waals surface area contributed by atoms with E-state index in [1.165, 1.54) is 12.1 Å². The van der Waals surface area contributed by atoms with Gasteiger partial charge < -0.3 is 14.4 Å². The van der Waals surface area contributed by atoms with E-state index in [-0.39, 0.29) is 30.2 Å². The van der Waals surface area contributed by atoms with Crippen LogP contribution in [0.3, 0.4) is 0 Å². The van der Waals surface area contributed by atoms with Gasteiger partial charge in [-0.3, -0.25) is 10.0 Å². The van der Waals surface area contributed by atoms with E-state index < -0.39 is 20.5 Å². The number of nitroso groups, excluding NO2 is 1. The summed E-state index contributed by atoms with van der Waals surface area (Å²) in [6, 6.07) is 14.0. The molecule has 4 rings (SSSR count). The molecule has 0 radical (unpaired) electrons. The van der Waals surface area contributed by atoms with E-state index in [1.807, 2.05) is 36.4 Å². The summed E-state index contributed by atoms with van der Waals surface area (Å²) in [5.41, 5.74) is 2.55. The lowest BCUT2D eigenvalue weighted by atomic mass is 9.94. The zero-order chi connectivity index (χ0) is 27.9. The first-order chi connectivity index (χ1) is 18.8. The first-order valence-corrected chi connectivity index (χ1v) is 14.6. The van der Waals surface area contributed by atoms with E-state index >= 15 is 0 Å². The maximum absolute atomic E-state index is 13.6. The molecule has 1 heterocycles. The molecule has 1 unspecified atom stereocenters. The number of benzene rings is 2. The highest BCUT2D eigenvalue weighted by Crippen LogP contribution is 2.39. The number of ether oxygens (including phenoxy) is 2. The van der Waals surface area contributed by atoms with E-state index in [1.54, 1.807) is 24.7 Å². The van der Waals surface area contributed by atoms with Crippen molar-refractivity contribution in [1.82, 2.24) is 10.4 Å². The van der Waals surface area contributed by atoms with Crippen molar-refractivity contribution < 1.29 is 27.9 Å². The number of hydrogen-bond donors (Lipinski definition) is 2. The number of amides is 1. The number of nitrogens with one attached hydrogen (secondary N) is 1. The third-order valence-corrected chi connectivity index (χ3v) is 10.1. The Morgan fingerprint density at radius 1 is 1.13 bits per heavy atom. The number of hydroxylamine groups is 1. The number of hydrogen-bond acceptors (Lipinski definition) is 9. The molecular formula is C28H35N3O7S. The SMILES string of the molecule is COc1ccc(C(C=CCCOc2ccc(S(=O)(=O)C3(C(=O)NO)CCN(C4CC4)CC3)cc2)CN=O)cc1. The number of sulfone groups is 1. The predicted octanol–water partition coefficient (Wildman–Crippen LogP) is 3.85. The zero-order valence-electron chi connectivity index (χ0n) is 22.0. The number of methoxy groups -OCH3 is 1. The second-order valence-electron chi connectivity index (χ2n) is 9.93. The summed E-state index contributed by atoms with van der Waals surface area (Å²) in [5, 5.41) is 12.4. The largest absolute Gasteiger partial charge is 0.497 e. The van der Waals surface area contributed by atoms with Gasteiger partial charge in [0.15, 0.2) is 14.6 Å². The Bertz CT molecular complexity index is 1250. The van der Waals surface area contributed by atoms with Crippen molar-refractivity contribution in [2.45, 2.75) is 53.7 Å². The second-order valence-corrected chi connectivity index (χ2v) is 12.2. The molecule has 2 aromatic carbocycles. The van der Waals surface area contributed by atoms with Crippen LogP contribution >= 0.6 is 0 Å². The van der Waals surface area contributed by atoms with Crippen LogP contribution in [-0.4, -0.2) is 68.6 Å². The Hall–Kier alpha value is -3.28. The number of rotatable bonds is 13. The van der Waals surface area contributed by atoms with Crippen LogP contribution in [-0.2, 0) is 14.6 Å². The molecule has 39 heavy (non-hydrogen) atoms. The number of carbonyl (C=O) groups excluding carboxylic acids is 1. The van der Waals surface area contributed by atoms with Crippen LogP contribution in [0.1, 0.15) is 43.6 Å². The van der Waals surface area contributed by atoms with Gasteiger partial charge >= 0.3 is 0 Å². The Morgan fingerprint density at radius 3 is 2.33 bits per heavy atom. The molecule has 2 N–H and O–H groups in total. The van der Waals surface area contributed by atoms with E-state index in [4.69, 9.17) is 9.47 Å². The van der Waals surface area contributed by atoms with Crippen molar-refractivity contribution >= 4 is 15.7 Å². The van der Waals surface area contributed by atoms with Crippen LogP contribution in [0.4, 0.5) is 0 Å². The van der Waals surface area contributed by atoms with Gasteiger partial charge in [-0.15, -0.1) is 0 Å². The molecule has 0 aromatic heterocycles. The number of piperidine rings is 1. The van der Waals surface area contributed by atoms with Gasteiger partial charge in [0.2, 0.25) is 0 Å². The van der Waals surface area contributed by atoms with E-state index in [9.17, 15) is 23.3 Å². The van der Waals surface area contributed by atoms with E-state index in [2.05, 4.69) is 10.1 Å². The number of nitrogens with zero attached hydrogens (tertiary/aromatic N) is 2. The maximum atomic E-state index is 13.6. The van der Waals surface area contributed by atoms with Gasteiger partial charge in [0.25, 0.3) is 5.91 Å². The van der Waals surface area contributed by atoms with Gasteiger partial charge in [-0.25, -0.2) is 13.9 Å². The second kappa shape index (κ2) is 12.7. The Morgan fingerprint density at radius 2 is 1.77 bits per heavy atom. The quantitative estimate of drug-likeness (QED) is 0.125. The maximum Gasteiger partial charge on any atom is 0.265 e. The van der Waals surface area contributed by atoms with Gasteiger partial charge in [0, 0.05) is 25.0 Å². The highest BCUT2D eigenvalue weighted by molar-refractivity contribution is 7.93. The lowest BCUT2D eigenvalue weighted by molar-refractivity contribution is -0.133. The molecule has 0 bridgehead atoms. The lowest BCUT2D eigenvalue weighted by Gasteiger charge is -2.39. The minimum absolute atomic E-state index is 0.0157. The molecule has 11 heteroatoms. The number of carbonyl (C=O) groups is 1. The molecule has 1 aliphatic carbocycles. The molecule has 210 valence electrons. The third-order valence-electron chi connectivity index (χ3n) is 7.57. The smallest absolute Gasteiger partial charge is 0.265 e. The first kappa shape index (κ1) is 28.7. The van der Waals surface area contributed by atoms with Gasteiger partial charge in [-0.2, -0.15) is 4.91 Å². The standard InChI is InChI=1S/C28H35N3O7S/c1-37-24-9-5-21(6-10-24)22(20-29-33)4-2-3-19-38-25-11-13-26(14-12-25)39(35,36)28(27(32)30-34)15-17-31(18-16-28)23-7-8-23/h2,4-6,9-14,22-23,34H,3,7-8,15-20H2,1H3,(H,30,32). The molecule has 10 nitrogen and oxygen atoms in total.